The van der Waals surface area contributed by atoms with Crippen molar-refractivity contribution in [3.8, 4) is 0 Å². The zero-order valence-corrected chi connectivity index (χ0v) is 60.6. The van der Waals surface area contributed by atoms with Crippen LogP contribution in [0.3, 0.4) is 0 Å². The summed E-state index contributed by atoms with van der Waals surface area (Å²) in [5.41, 5.74) is 17.2. The molecule has 0 aromatic heterocycles. The third-order valence-corrected chi connectivity index (χ3v) is 15.8. The molecule has 570 valence electrons. The van der Waals surface area contributed by atoms with E-state index in [2.05, 4.69) is 58.5 Å². The molecule has 0 aliphatic rings. The maximum Gasteiger partial charge on any atom is 0.408 e. The van der Waals surface area contributed by atoms with Crippen LogP contribution in [-0.4, -0.2) is 196 Å². The molecule has 0 saturated carbocycles. The summed E-state index contributed by atoms with van der Waals surface area (Å²) in [6.07, 6.45) is -5.17. The second-order valence-electron chi connectivity index (χ2n) is 28.5. The van der Waals surface area contributed by atoms with Gasteiger partial charge in [-0.1, -0.05) is 132 Å². The molecule has 2 aromatic rings. The summed E-state index contributed by atoms with van der Waals surface area (Å²) in [5, 5.41) is 78.6. The van der Waals surface area contributed by atoms with Crippen LogP contribution in [-0.2, 0) is 75.3 Å². The number of carboxylic acids is 1. The van der Waals surface area contributed by atoms with E-state index in [1.54, 1.807) is 96.1 Å². The molecule has 0 spiro atoms. The number of aliphatic carboxylic acids is 1. The standard InChI is InChI=1S/C68H110N16O18/c1-14-37(6)51(62(97)83-52(38(7)86)61(96)74-32-50(88)75-45(29-49(70)87)57(92)80-48(33-85)64(99)100)82-55(90)42(24-19-25-73-65(71)72)76-56(91)43(26-35(2)3)78-63(98)53(54(89)36(4)5)84-58(93)44(28-40-22-18-23-41(69)27-40)77-59(94)46(30-67(8,9)10)79-60(95)47(31-68(11,12)13)81-66(101)102-34-39-20-16-15-17-21-39/h15-18,20-23,27,35-38,42-48,51-54,85-86,89H,14,19,24-26,28-34,69H2,1-13H3,(H2,70,87)(H,74,96)(H,75,88)(H,76,91)(H,77,94)(H,78,98)(H,79,95)(H,80,92)(H,81,101)(H,82,90)(H,83,97)(H,84,93)(H,99,100)(H4,71,72,73)/t37-,38-,42+,43-,44-,45-,46-,47+,48-,51-,52-,53-,54?/m0/s1. The summed E-state index contributed by atoms with van der Waals surface area (Å²) < 4.78 is 5.45. The summed E-state index contributed by atoms with van der Waals surface area (Å²) in [5.74, 6) is -15.0. The van der Waals surface area contributed by atoms with Gasteiger partial charge in [-0.25, -0.2) is 9.59 Å². The summed E-state index contributed by atoms with van der Waals surface area (Å²) in [6.45, 7) is 19.9. The number of amides is 12. The summed E-state index contributed by atoms with van der Waals surface area (Å²) in [4.78, 5) is 178. The van der Waals surface area contributed by atoms with Gasteiger partial charge >= 0.3 is 12.1 Å². The number of ether oxygens (including phenoxy) is 1. The number of nitrogen functional groups attached to an aromatic ring is 1. The number of hydrogen-bond acceptors (Lipinski definition) is 19. The largest absolute Gasteiger partial charge is 0.480 e. The number of anilines is 1. The average Bonchev–Trinajstić information content (AvgIpc) is 0.823. The van der Waals surface area contributed by atoms with Crippen molar-refractivity contribution in [1.82, 2.24) is 63.8 Å². The van der Waals surface area contributed by atoms with Gasteiger partial charge in [-0.15, -0.1) is 0 Å². The van der Waals surface area contributed by atoms with Crippen LogP contribution >= 0.6 is 0 Å². The molecule has 2 aromatic carbocycles. The molecule has 0 aliphatic heterocycles. The smallest absolute Gasteiger partial charge is 0.408 e. The fourth-order valence-electron chi connectivity index (χ4n) is 10.2. The van der Waals surface area contributed by atoms with Crippen LogP contribution in [0.5, 0.6) is 0 Å². The topological polar surface area (TPSA) is 558 Å². The number of primary amides is 1. The number of benzene rings is 2. The lowest BCUT2D eigenvalue weighted by Crippen LogP contribution is -2.63. The molecule has 0 bridgehead atoms. The van der Waals surface area contributed by atoms with Crippen LogP contribution in [0, 0.1) is 34.0 Å². The van der Waals surface area contributed by atoms with Gasteiger partial charge in [-0.3, -0.25) is 58.1 Å². The fourth-order valence-corrected chi connectivity index (χ4v) is 10.2. The first kappa shape index (κ1) is 88.4. The first-order valence-electron chi connectivity index (χ1n) is 33.8. The summed E-state index contributed by atoms with van der Waals surface area (Å²) in [6, 6.07) is -0.539. The Kier molecular flexibility index (Phi) is 36.9. The Morgan fingerprint density at radius 2 is 1.04 bits per heavy atom. The van der Waals surface area contributed by atoms with Crippen molar-refractivity contribution in [3.05, 3.63) is 65.7 Å². The third-order valence-electron chi connectivity index (χ3n) is 15.8. The molecule has 34 heteroatoms. The molecule has 0 heterocycles. The molecule has 34 nitrogen and oxygen atoms in total. The minimum Gasteiger partial charge on any atom is -0.480 e. The van der Waals surface area contributed by atoms with Gasteiger partial charge in [-0.05, 0) is 90.9 Å². The number of alkyl carbamates (subject to hydrolysis) is 1. The van der Waals surface area contributed by atoms with Crippen molar-refractivity contribution in [2.24, 2.45) is 40.1 Å². The minimum absolute atomic E-state index is 0.0102. The molecule has 12 amide bonds. The van der Waals surface area contributed by atoms with Crippen molar-refractivity contribution in [1.29, 1.82) is 5.41 Å². The Balaban J connectivity index is 2.57. The normalized spacial score (nSPS) is 15.3. The molecule has 0 aliphatic carbocycles. The number of aliphatic hydroxyl groups excluding tert-OH is 3. The zero-order valence-electron chi connectivity index (χ0n) is 60.6. The first-order valence-corrected chi connectivity index (χ1v) is 33.8. The molecular weight excluding hydrogens is 1330 g/mol. The van der Waals surface area contributed by atoms with Crippen molar-refractivity contribution in [3.63, 3.8) is 0 Å². The van der Waals surface area contributed by atoms with Crippen molar-refractivity contribution < 1.29 is 87.5 Å². The van der Waals surface area contributed by atoms with E-state index >= 15 is 0 Å². The highest BCUT2D eigenvalue weighted by Gasteiger charge is 2.40. The van der Waals surface area contributed by atoms with Gasteiger partial charge in [0.05, 0.1) is 31.8 Å². The lowest BCUT2D eigenvalue weighted by atomic mass is 9.86. The van der Waals surface area contributed by atoms with Crippen LogP contribution in [0.4, 0.5) is 10.5 Å². The molecule has 0 fully saturated rings. The van der Waals surface area contributed by atoms with Crippen LogP contribution in [0.15, 0.2) is 54.6 Å². The van der Waals surface area contributed by atoms with Gasteiger partial charge in [0.25, 0.3) is 0 Å². The van der Waals surface area contributed by atoms with Crippen molar-refractivity contribution >= 4 is 88.7 Å². The number of nitrogens with one attached hydrogen (secondary N) is 13. The van der Waals surface area contributed by atoms with E-state index in [9.17, 15) is 82.8 Å². The molecule has 2 rings (SSSR count). The highest BCUT2D eigenvalue weighted by Crippen LogP contribution is 2.25. The van der Waals surface area contributed by atoms with Crippen LogP contribution in [0.2, 0.25) is 0 Å². The Labute approximate surface area is 595 Å². The lowest BCUT2D eigenvalue weighted by molar-refractivity contribution is -0.143. The number of carbonyl (C=O) groups is 13. The van der Waals surface area contributed by atoms with Crippen LogP contribution in [0.25, 0.3) is 0 Å². The molecule has 0 saturated heterocycles. The van der Waals surface area contributed by atoms with Crippen molar-refractivity contribution in [2.75, 3.05) is 25.4 Å². The summed E-state index contributed by atoms with van der Waals surface area (Å²) >= 11 is 0. The van der Waals surface area contributed by atoms with E-state index < -0.39 is 198 Å². The second kappa shape index (κ2) is 42.5. The van der Waals surface area contributed by atoms with Gasteiger partial charge in [0.2, 0.25) is 65.0 Å². The van der Waals surface area contributed by atoms with E-state index in [1.165, 1.54) is 0 Å². The fraction of sp³-hybridized carbons (Fsp3) is 0.618. The molecule has 23 N–H and O–H groups in total. The van der Waals surface area contributed by atoms with Gasteiger partial charge in [0, 0.05) is 18.7 Å². The Morgan fingerprint density at radius 3 is 1.56 bits per heavy atom. The number of rotatable bonds is 42. The van der Waals surface area contributed by atoms with Gasteiger partial charge in [0.15, 0.2) is 5.96 Å². The Hall–Kier alpha value is -9.70. The maximum atomic E-state index is 14.9. The van der Waals surface area contributed by atoms with E-state index in [0.717, 1.165) is 6.92 Å². The van der Waals surface area contributed by atoms with Crippen LogP contribution < -0.4 is 81.0 Å². The van der Waals surface area contributed by atoms with E-state index in [4.69, 9.17) is 27.3 Å². The predicted molar refractivity (Wildman–Crippen MR) is 376 cm³/mol. The number of nitrogens with two attached hydrogens (primary N) is 3. The third kappa shape index (κ3) is 33.2. The summed E-state index contributed by atoms with van der Waals surface area (Å²) in [7, 11) is 0. The molecule has 0 radical (unpaired) electrons. The number of aliphatic hydroxyl groups is 3. The lowest BCUT2D eigenvalue weighted by Gasteiger charge is -2.32. The Morgan fingerprint density at radius 1 is 0.549 bits per heavy atom. The number of carboxylic acid groups (broad SMARTS) is 1. The van der Waals surface area contributed by atoms with E-state index in [0.29, 0.717) is 16.8 Å². The molecule has 1 unspecified atom stereocenters. The second-order valence-corrected chi connectivity index (χ2v) is 28.5. The minimum atomic E-state index is -1.83. The number of carbonyl (C=O) groups excluding carboxylic acids is 12. The Bertz CT molecular complexity index is 3180. The monoisotopic (exact) mass is 1440 g/mol. The number of hydrogen-bond donors (Lipinski definition) is 20. The first-order chi connectivity index (χ1) is 47.4. The molecule has 13 atom stereocenters. The molecule has 102 heavy (non-hydrogen) atoms. The quantitative estimate of drug-likeness (QED) is 0.0150. The highest BCUT2D eigenvalue weighted by atomic mass is 16.5. The van der Waals surface area contributed by atoms with Crippen molar-refractivity contribution in [2.45, 2.75) is 221 Å². The highest BCUT2D eigenvalue weighted by molar-refractivity contribution is 5.99. The predicted octanol–water partition coefficient (Wildman–Crippen LogP) is -1.84. The number of guanidine groups is 1. The van der Waals surface area contributed by atoms with E-state index in [1.807, 2.05) is 46.9 Å². The SMILES string of the molecule is CC[C@H](C)[C@H](NC(=O)[C@@H](CCCNC(=N)N)NC(=O)[C@H](CC(C)C)NC(=O)[C@@H](NC(=O)[C@H](Cc1cccc(N)c1)NC(=O)[C@H](CC(C)(C)C)NC(=O)[C@@H](CC(C)(C)C)NC(=O)OCc1ccccc1)C(O)C(C)C)C(=O)N[C@H](C(=O)NCC(=O)N[C@@H](CC(N)=O)C(=O)N[C@@H](CO)C(=O)O)[C@H](C)O. The zero-order chi connectivity index (χ0) is 77.5. The van der Waals surface area contributed by atoms with Gasteiger partial charge in [-0.2, -0.15) is 0 Å². The van der Waals surface area contributed by atoms with Gasteiger partial charge < -0.3 is 106 Å². The van der Waals surface area contributed by atoms with E-state index in [-0.39, 0.29) is 64.0 Å². The average molecular weight is 1440 g/mol. The van der Waals surface area contributed by atoms with Crippen LogP contribution in [0.1, 0.15) is 146 Å². The maximum absolute atomic E-state index is 14.9. The molecular formula is C68H110N16O18. The van der Waals surface area contributed by atoms with Gasteiger partial charge in [0.1, 0.15) is 67.0 Å².